The summed E-state index contributed by atoms with van der Waals surface area (Å²) in [6.07, 6.45) is 1.92. The van der Waals surface area contributed by atoms with Gasteiger partial charge >= 0.3 is 0 Å². The van der Waals surface area contributed by atoms with Gasteiger partial charge in [0, 0.05) is 61.6 Å². The van der Waals surface area contributed by atoms with Crippen molar-refractivity contribution >= 4 is 16.8 Å². The van der Waals surface area contributed by atoms with Crippen LogP contribution < -0.4 is 10.1 Å². The zero-order valence-electron chi connectivity index (χ0n) is 21.7. The number of pyridine rings is 1. The number of ether oxygens (including phenoxy) is 2. The minimum Gasteiger partial charge on any atom is -0.483 e. The van der Waals surface area contributed by atoms with Crippen LogP contribution in [0.4, 0.5) is 0 Å². The van der Waals surface area contributed by atoms with E-state index in [1.54, 1.807) is 4.68 Å². The Morgan fingerprint density at radius 1 is 1.08 bits per heavy atom. The number of aromatic nitrogens is 3. The molecule has 0 aliphatic carbocycles. The average molecular weight is 500 g/mol. The summed E-state index contributed by atoms with van der Waals surface area (Å²) in [6, 6.07) is 16.6. The number of carbonyl (C=O) groups is 1. The third kappa shape index (κ3) is 5.98. The molecule has 0 unspecified atom stereocenters. The Balaban J connectivity index is 1.37. The number of carbonyl (C=O) groups excluding carboxylic acids is 1. The Hall–Kier alpha value is -3.75. The number of hydrogen-bond acceptors (Lipinski definition) is 6. The maximum Gasteiger partial charge on any atom is 0.258 e. The lowest BCUT2D eigenvalue weighted by atomic mass is 9.98. The lowest BCUT2D eigenvalue weighted by Gasteiger charge is -2.27. The summed E-state index contributed by atoms with van der Waals surface area (Å²) >= 11 is 0. The van der Waals surface area contributed by atoms with Gasteiger partial charge in [-0.1, -0.05) is 24.3 Å². The summed E-state index contributed by atoms with van der Waals surface area (Å²) in [5, 5.41) is 8.38. The van der Waals surface area contributed by atoms with Crippen LogP contribution in [0.1, 0.15) is 22.5 Å². The van der Waals surface area contributed by atoms with Crippen molar-refractivity contribution in [2.75, 3.05) is 32.9 Å². The van der Waals surface area contributed by atoms with E-state index in [-0.39, 0.29) is 12.5 Å². The Morgan fingerprint density at radius 2 is 1.89 bits per heavy atom. The first-order valence-electron chi connectivity index (χ1n) is 12.6. The van der Waals surface area contributed by atoms with E-state index >= 15 is 0 Å². The number of aryl methyl sites for hydroxylation is 3. The van der Waals surface area contributed by atoms with E-state index in [0.29, 0.717) is 6.54 Å². The highest BCUT2D eigenvalue weighted by Crippen LogP contribution is 2.32. The molecule has 1 saturated heterocycles. The summed E-state index contributed by atoms with van der Waals surface area (Å²) in [7, 11) is 1.87. The smallest absolute Gasteiger partial charge is 0.258 e. The molecule has 2 aromatic heterocycles. The fraction of sp³-hybridized carbons (Fsp3) is 0.345. The molecule has 0 bridgehead atoms. The van der Waals surface area contributed by atoms with Crippen LogP contribution in [0.2, 0.25) is 0 Å². The van der Waals surface area contributed by atoms with Gasteiger partial charge in [0.25, 0.3) is 5.91 Å². The molecule has 8 heteroatoms. The number of morpholine rings is 1. The molecular weight excluding hydrogens is 466 g/mol. The average Bonchev–Trinajstić information content (AvgIpc) is 3.23. The number of hydrogen-bond donors (Lipinski definition) is 1. The minimum atomic E-state index is -0.166. The Morgan fingerprint density at radius 3 is 2.68 bits per heavy atom. The molecule has 0 saturated carbocycles. The number of nitrogens with one attached hydrogen (secondary N) is 1. The van der Waals surface area contributed by atoms with Crippen molar-refractivity contribution in [3.05, 3.63) is 77.2 Å². The number of fused-ring (bicyclic) bond motifs is 1. The molecule has 4 aromatic rings. The summed E-state index contributed by atoms with van der Waals surface area (Å²) < 4.78 is 13.3. The van der Waals surface area contributed by atoms with Gasteiger partial charge in [0.2, 0.25) is 0 Å². The van der Waals surface area contributed by atoms with Crippen molar-refractivity contribution in [1.29, 1.82) is 0 Å². The SMILES string of the molecule is Cc1cc(-c2ccc(OCC(=O)NCc3cn(C)nc3C)c(CN3CCOCC3)c2)c2ccccc2n1. The highest BCUT2D eigenvalue weighted by Gasteiger charge is 2.17. The van der Waals surface area contributed by atoms with E-state index < -0.39 is 0 Å². The molecule has 1 N–H and O–H groups in total. The molecule has 192 valence electrons. The van der Waals surface area contributed by atoms with E-state index in [2.05, 4.69) is 39.6 Å². The van der Waals surface area contributed by atoms with Crippen LogP contribution in [-0.2, 0) is 29.7 Å². The maximum absolute atomic E-state index is 12.6. The molecule has 2 aromatic carbocycles. The summed E-state index contributed by atoms with van der Waals surface area (Å²) in [6.45, 7) is 8.24. The Kier molecular flexibility index (Phi) is 7.48. The van der Waals surface area contributed by atoms with Crippen LogP contribution in [0.25, 0.3) is 22.0 Å². The fourth-order valence-corrected chi connectivity index (χ4v) is 4.77. The molecule has 1 aliphatic rings. The fourth-order valence-electron chi connectivity index (χ4n) is 4.77. The third-order valence-corrected chi connectivity index (χ3v) is 6.66. The normalized spacial score (nSPS) is 14.1. The highest BCUT2D eigenvalue weighted by molar-refractivity contribution is 5.94. The van der Waals surface area contributed by atoms with Crippen LogP contribution in [0.15, 0.2) is 54.7 Å². The van der Waals surface area contributed by atoms with Gasteiger partial charge in [0.05, 0.1) is 24.4 Å². The molecule has 0 radical (unpaired) electrons. The van der Waals surface area contributed by atoms with Crippen molar-refractivity contribution in [1.82, 2.24) is 25.0 Å². The second-order valence-electron chi connectivity index (χ2n) is 9.52. The van der Waals surface area contributed by atoms with Gasteiger partial charge in [-0.3, -0.25) is 19.4 Å². The van der Waals surface area contributed by atoms with E-state index in [0.717, 1.165) is 83.1 Å². The Bertz CT molecular complexity index is 1410. The van der Waals surface area contributed by atoms with E-state index in [9.17, 15) is 4.79 Å². The van der Waals surface area contributed by atoms with Crippen LogP contribution in [-0.4, -0.2) is 58.5 Å². The van der Waals surface area contributed by atoms with Crippen LogP contribution in [0.3, 0.4) is 0 Å². The van der Waals surface area contributed by atoms with Gasteiger partial charge in [0.1, 0.15) is 5.75 Å². The third-order valence-electron chi connectivity index (χ3n) is 6.66. The second-order valence-corrected chi connectivity index (χ2v) is 9.52. The zero-order chi connectivity index (χ0) is 25.8. The van der Waals surface area contributed by atoms with Gasteiger partial charge in [-0.2, -0.15) is 5.10 Å². The monoisotopic (exact) mass is 499 g/mol. The van der Waals surface area contributed by atoms with Crippen molar-refractivity contribution in [2.24, 2.45) is 7.05 Å². The largest absolute Gasteiger partial charge is 0.483 e. The summed E-state index contributed by atoms with van der Waals surface area (Å²) in [5.74, 6) is 0.554. The first-order valence-corrected chi connectivity index (χ1v) is 12.6. The van der Waals surface area contributed by atoms with Crippen LogP contribution in [0.5, 0.6) is 5.75 Å². The van der Waals surface area contributed by atoms with E-state index in [4.69, 9.17) is 14.5 Å². The maximum atomic E-state index is 12.6. The van der Waals surface area contributed by atoms with Crippen molar-refractivity contribution in [3.8, 4) is 16.9 Å². The van der Waals surface area contributed by atoms with Gasteiger partial charge in [-0.15, -0.1) is 0 Å². The summed E-state index contributed by atoms with van der Waals surface area (Å²) in [4.78, 5) is 19.6. The number of benzene rings is 2. The van der Waals surface area contributed by atoms with Crippen LogP contribution >= 0.6 is 0 Å². The minimum absolute atomic E-state index is 0.0495. The van der Waals surface area contributed by atoms with E-state index in [1.807, 2.05) is 51.4 Å². The van der Waals surface area contributed by atoms with Crippen LogP contribution in [0, 0.1) is 13.8 Å². The van der Waals surface area contributed by atoms with Gasteiger partial charge in [-0.05, 0) is 49.2 Å². The van der Waals surface area contributed by atoms with Gasteiger partial charge in [-0.25, -0.2) is 0 Å². The summed E-state index contributed by atoms with van der Waals surface area (Å²) in [5.41, 5.74) is 7.15. The number of rotatable bonds is 8. The molecule has 5 rings (SSSR count). The number of nitrogens with zero attached hydrogens (tertiary/aromatic N) is 4. The van der Waals surface area contributed by atoms with Crippen molar-refractivity contribution < 1.29 is 14.3 Å². The zero-order valence-corrected chi connectivity index (χ0v) is 21.7. The topological polar surface area (TPSA) is 81.5 Å². The molecule has 3 heterocycles. The highest BCUT2D eigenvalue weighted by atomic mass is 16.5. The molecule has 0 atom stereocenters. The lowest BCUT2D eigenvalue weighted by molar-refractivity contribution is -0.123. The Labute approximate surface area is 217 Å². The molecule has 37 heavy (non-hydrogen) atoms. The second kappa shape index (κ2) is 11.1. The molecule has 1 aliphatic heterocycles. The molecule has 1 amide bonds. The molecule has 0 spiro atoms. The quantitative estimate of drug-likeness (QED) is 0.397. The lowest BCUT2D eigenvalue weighted by Crippen LogP contribution is -2.35. The molecular formula is C29H33N5O3. The first-order chi connectivity index (χ1) is 18.0. The molecule has 8 nitrogen and oxygen atoms in total. The van der Waals surface area contributed by atoms with Gasteiger partial charge < -0.3 is 14.8 Å². The predicted octanol–water partition coefficient (Wildman–Crippen LogP) is 3.78. The number of amides is 1. The van der Waals surface area contributed by atoms with Crippen molar-refractivity contribution in [2.45, 2.75) is 26.9 Å². The standard InChI is InChI=1S/C29H33N5O3/c1-20-14-26(25-6-4-5-7-27(25)31-20)22-8-9-28(23(15-22)18-34-10-12-36-13-11-34)37-19-29(35)30-16-24-17-33(3)32-21(24)2/h4-9,14-15,17H,10-13,16,18-19H2,1-3H3,(H,30,35). The molecule has 1 fully saturated rings. The first kappa shape index (κ1) is 24.9. The van der Waals surface area contributed by atoms with Crippen molar-refractivity contribution in [3.63, 3.8) is 0 Å². The number of para-hydroxylation sites is 1. The van der Waals surface area contributed by atoms with Gasteiger partial charge in [0.15, 0.2) is 6.61 Å². The predicted molar refractivity (Wildman–Crippen MR) is 143 cm³/mol. The van der Waals surface area contributed by atoms with E-state index in [1.165, 1.54) is 0 Å².